The quantitative estimate of drug-likeness (QED) is 0.245. The molecular weight excluding hydrogens is 529 g/mol. The van der Waals surface area contributed by atoms with Gasteiger partial charge >= 0.3 is 6.03 Å². The van der Waals surface area contributed by atoms with Gasteiger partial charge in [-0.1, -0.05) is 30.3 Å². The van der Waals surface area contributed by atoms with Crippen LogP contribution in [0, 0.1) is 6.92 Å². The van der Waals surface area contributed by atoms with E-state index in [2.05, 4.69) is 16.0 Å². The molecule has 0 aromatic heterocycles. The van der Waals surface area contributed by atoms with E-state index in [4.69, 9.17) is 9.73 Å². The fraction of sp³-hybridized carbons (Fsp3) is 0.440. The summed E-state index contributed by atoms with van der Waals surface area (Å²) >= 11 is 0. The molecule has 7 nitrogen and oxygen atoms in total. The minimum atomic E-state index is -0.0270. The molecule has 3 rings (SSSR count). The van der Waals surface area contributed by atoms with E-state index in [1.807, 2.05) is 74.2 Å². The van der Waals surface area contributed by atoms with Crippen LogP contribution in [-0.2, 0) is 6.54 Å². The fourth-order valence-electron chi connectivity index (χ4n) is 3.57. The van der Waals surface area contributed by atoms with Gasteiger partial charge in [-0.3, -0.25) is 0 Å². The van der Waals surface area contributed by atoms with Crippen LogP contribution in [0.5, 0.6) is 5.75 Å². The number of halogens is 1. The molecule has 0 aliphatic carbocycles. The normalized spacial score (nSPS) is 14.3. The van der Waals surface area contributed by atoms with E-state index in [1.54, 1.807) is 0 Å². The number of carbonyl (C=O) groups is 1. The van der Waals surface area contributed by atoms with Gasteiger partial charge in [-0.2, -0.15) is 0 Å². The zero-order chi connectivity index (χ0) is 22.8. The Kier molecular flexibility index (Phi) is 11.3. The van der Waals surface area contributed by atoms with Gasteiger partial charge in [0.2, 0.25) is 0 Å². The van der Waals surface area contributed by atoms with Crippen molar-refractivity contribution in [2.75, 3.05) is 31.5 Å². The minimum absolute atomic E-state index is 0. The second-order valence-corrected chi connectivity index (χ2v) is 8.09. The van der Waals surface area contributed by atoms with E-state index in [-0.39, 0.29) is 36.1 Å². The smallest absolute Gasteiger partial charge is 0.321 e. The maximum Gasteiger partial charge on any atom is 0.321 e. The lowest BCUT2D eigenvalue weighted by atomic mass is 10.2. The maximum atomic E-state index is 12.3. The lowest BCUT2D eigenvalue weighted by Gasteiger charge is -2.19. The number of guanidine groups is 1. The predicted molar refractivity (Wildman–Crippen MR) is 146 cm³/mol. The van der Waals surface area contributed by atoms with Crippen molar-refractivity contribution in [3.8, 4) is 5.75 Å². The standard InChI is InChI=1S/C25H35N5O2.HI/c1-4-26-24(27-17-20(3)32-23-13-6-5-10-19(23)2)28-18-21-11-9-12-22(16-21)29-25(31)30-14-7-8-15-30;/h5-6,9-13,16,20H,4,7-8,14-15,17-18H2,1-3H3,(H,29,31)(H2,26,27,28);1H. The van der Waals surface area contributed by atoms with Crippen molar-refractivity contribution in [3.63, 3.8) is 0 Å². The Bertz CT molecular complexity index is 915. The SMILES string of the molecule is CCNC(=NCc1cccc(NC(=O)N2CCCC2)c1)NCC(C)Oc1ccccc1C.I. The van der Waals surface area contributed by atoms with E-state index >= 15 is 0 Å². The highest BCUT2D eigenvalue weighted by atomic mass is 127. The number of nitrogens with one attached hydrogen (secondary N) is 3. The number of hydrogen-bond acceptors (Lipinski definition) is 3. The molecule has 3 N–H and O–H groups in total. The molecule has 1 atom stereocenters. The summed E-state index contributed by atoms with van der Waals surface area (Å²) in [7, 11) is 0. The van der Waals surface area contributed by atoms with Crippen LogP contribution >= 0.6 is 24.0 Å². The third-order valence-corrected chi connectivity index (χ3v) is 5.31. The van der Waals surface area contributed by atoms with Gasteiger partial charge in [0.15, 0.2) is 5.96 Å². The topological polar surface area (TPSA) is 78.0 Å². The number of likely N-dealkylation sites (tertiary alicyclic amines) is 1. The molecule has 0 spiro atoms. The first-order chi connectivity index (χ1) is 15.5. The molecule has 2 amide bonds. The second kappa shape index (κ2) is 13.9. The number of anilines is 1. The van der Waals surface area contributed by atoms with Crippen molar-refractivity contribution in [2.45, 2.75) is 46.3 Å². The van der Waals surface area contributed by atoms with E-state index in [0.29, 0.717) is 13.1 Å². The Morgan fingerprint density at radius 1 is 1.12 bits per heavy atom. The van der Waals surface area contributed by atoms with Crippen molar-refractivity contribution in [1.82, 2.24) is 15.5 Å². The zero-order valence-corrected chi connectivity index (χ0v) is 22.1. The van der Waals surface area contributed by atoms with Crippen LogP contribution in [0.1, 0.15) is 37.8 Å². The molecule has 1 heterocycles. The molecule has 33 heavy (non-hydrogen) atoms. The van der Waals surface area contributed by atoms with Crippen molar-refractivity contribution >= 4 is 41.7 Å². The minimum Gasteiger partial charge on any atom is -0.489 e. The van der Waals surface area contributed by atoms with Crippen LogP contribution in [0.25, 0.3) is 0 Å². The van der Waals surface area contributed by atoms with Crippen LogP contribution in [-0.4, -0.2) is 49.2 Å². The van der Waals surface area contributed by atoms with Crippen LogP contribution in [0.2, 0.25) is 0 Å². The number of rotatable bonds is 8. The molecule has 180 valence electrons. The van der Waals surface area contributed by atoms with E-state index < -0.39 is 0 Å². The first-order valence-electron chi connectivity index (χ1n) is 11.4. The molecule has 0 saturated carbocycles. The summed E-state index contributed by atoms with van der Waals surface area (Å²) in [6.07, 6.45) is 2.15. The number of aryl methyl sites for hydroxylation is 1. The van der Waals surface area contributed by atoms with Gasteiger partial charge in [-0.15, -0.1) is 24.0 Å². The Labute approximate surface area is 214 Å². The number of hydrogen-bond donors (Lipinski definition) is 3. The van der Waals surface area contributed by atoms with Crippen LogP contribution in [0.15, 0.2) is 53.5 Å². The summed E-state index contributed by atoms with van der Waals surface area (Å²) in [4.78, 5) is 18.9. The van der Waals surface area contributed by atoms with E-state index in [0.717, 1.165) is 61.0 Å². The summed E-state index contributed by atoms with van der Waals surface area (Å²) < 4.78 is 6.04. The largest absolute Gasteiger partial charge is 0.489 e. The lowest BCUT2D eigenvalue weighted by molar-refractivity contribution is 0.222. The number of carbonyl (C=O) groups excluding carboxylic acids is 1. The maximum absolute atomic E-state index is 12.3. The number of nitrogens with zero attached hydrogens (tertiary/aromatic N) is 2. The highest BCUT2D eigenvalue weighted by molar-refractivity contribution is 14.0. The fourth-order valence-corrected chi connectivity index (χ4v) is 3.57. The van der Waals surface area contributed by atoms with Crippen LogP contribution in [0.4, 0.5) is 10.5 Å². The number of para-hydroxylation sites is 1. The number of aliphatic imine (C=N–C) groups is 1. The molecule has 0 radical (unpaired) electrons. The van der Waals surface area contributed by atoms with Gasteiger partial charge in [-0.05, 0) is 62.9 Å². The Morgan fingerprint density at radius 2 is 1.88 bits per heavy atom. The number of benzene rings is 2. The van der Waals surface area contributed by atoms with Gasteiger partial charge in [0, 0.05) is 25.3 Å². The third kappa shape index (κ3) is 8.75. The summed E-state index contributed by atoms with van der Waals surface area (Å²) in [5.74, 6) is 1.63. The Hall–Kier alpha value is -2.49. The molecule has 1 aliphatic rings. The Balaban J connectivity index is 0.00000385. The summed E-state index contributed by atoms with van der Waals surface area (Å²) in [6.45, 7) is 9.70. The van der Waals surface area contributed by atoms with Gasteiger partial charge in [0.25, 0.3) is 0 Å². The molecule has 2 aromatic rings. The molecular formula is C25H36IN5O2. The number of amides is 2. The zero-order valence-electron chi connectivity index (χ0n) is 19.8. The molecule has 1 unspecified atom stereocenters. The monoisotopic (exact) mass is 565 g/mol. The molecule has 1 fully saturated rings. The van der Waals surface area contributed by atoms with E-state index in [1.165, 1.54) is 0 Å². The highest BCUT2D eigenvalue weighted by Gasteiger charge is 2.17. The predicted octanol–water partition coefficient (Wildman–Crippen LogP) is 4.76. The van der Waals surface area contributed by atoms with E-state index in [9.17, 15) is 4.79 Å². The molecule has 2 aromatic carbocycles. The Morgan fingerprint density at radius 3 is 2.61 bits per heavy atom. The van der Waals surface area contributed by atoms with Gasteiger partial charge in [0.05, 0.1) is 13.1 Å². The van der Waals surface area contributed by atoms with Gasteiger partial charge < -0.3 is 25.6 Å². The van der Waals surface area contributed by atoms with Gasteiger partial charge in [0.1, 0.15) is 11.9 Å². The molecule has 0 bridgehead atoms. The van der Waals surface area contributed by atoms with Crippen LogP contribution in [0.3, 0.4) is 0 Å². The third-order valence-electron chi connectivity index (χ3n) is 5.31. The number of ether oxygens (including phenoxy) is 1. The summed E-state index contributed by atoms with van der Waals surface area (Å²) in [5, 5.41) is 9.62. The average Bonchev–Trinajstić information content (AvgIpc) is 3.33. The second-order valence-electron chi connectivity index (χ2n) is 8.09. The van der Waals surface area contributed by atoms with Crippen LogP contribution < -0.4 is 20.7 Å². The summed E-state index contributed by atoms with van der Waals surface area (Å²) in [6, 6.07) is 15.8. The number of urea groups is 1. The summed E-state index contributed by atoms with van der Waals surface area (Å²) in [5.41, 5.74) is 2.95. The van der Waals surface area contributed by atoms with Gasteiger partial charge in [-0.25, -0.2) is 9.79 Å². The van der Waals surface area contributed by atoms with Crippen molar-refractivity contribution in [1.29, 1.82) is 0 Å². The molecule has 8 heteroatoms. The van der Waals surface area contributed by atoms with Crippen molar-refractivity contribution in [2.24, 2.45) is 4.99 Å². The molecule has 1 aliphatic heterocycles. The van der Waals surface area contributed by atoms with Crippen molar-refractivity contribution < 1.29 is 9.53 Å². The highest BCUT2D eigenvalue weighted by Crippen LogP contribution is 2.17. The first-order valence-corrected chi connectivity index (χ1v) is 11.4. The van der Waals surface area contributed by atoms with Crippen molar-refractivity contribution in [3.05, 3.63) is 59.7 Å². The average molecular weight is 566 g/mol. The lowest BCUT2D eigenvalue weighted by Crippen LogP contribution is -2.41. The molecule has 1 saturated heterocycles. The first kappa shape index (κ1) is 26.8.